The lowest BCUT2D eigenvalue weighted by atomic mass is 10.1. The summed E-state index contributed by atoms with van der Waals surface area (Å²) in [4.78, 5) is 11.9. The number of nitrogens with one attached hydrogen (secondary N) is 1. The second-order valence-electron chi connectivity index (χ2n) is 5.61. The molecule has 7 heteroatoms. The Morgan fingerprint density at radius 1 is 1.23 bits per heavy atom. The van der Waals surface area contributed by atoms with E-state index in [0.29, 0.717) is 23.0 Å². The molecule has 0 saturated heterocycles. The first-order chi connectivity index (χ1) is 10.2. The number of nitrogens with zero attached hydrogens (tertiary/aromatic N) is 1. The third kappa shape index (κ3) is 6.77. The second-order valence-corrected chi connectivity index (χ2v) is 8.03. The van der Waals surface area contributed by atoms with Gasteiger partial charge < -0.3 is 5.32 Å². The number of rotatable bonds is 8. The van der Waals surface area contributed by atoms with Crippen molar-refractivity contribution in [3.05, 3.63) is 34.9 Å². The van der Waals surface area contributed by atoms with Gasteiger partial charge in [0, 0.05) is 30.2 Å². The minimum atomic E-state index is -3.26. The Labute approximate surface area is 137 Å². The second kappa shape index (κ2) is 8.50. The fraction of sp³-hybridized carbons (Fsp3) is 0.533. The lowest BCUT2D eigenvalue weighted by Gasteiger charge is -2.21. The number of amides is 1. The van der Waals surface area contributed by atoms with Gasteiger partial charge in [-0.1, -0.05) is 25.4 Å². The zero-order chi connectivity index (χ0) is 16.8. The summed E-state index contributed by atoms with van der Waals surface area (Å²) in [5, 5.41) is 3.28. The number of hydrogen-bond donors (Lipinski definition) is 1. The molecule has 0 unspecified atom stereocenters. The number of halogens is 1. The van der Waals surface area contributed by atoms with Crippen LogP contribution in [0.2, 0.25) is 5.02 Å². The number of sulfonamides is 1. The average molecular weight is 347 g/mol. The van der Waals surface area contributed by atoms with Gasteiger partial charge in [-0.15, -0.1) is 0 Å². The van der Waals surface area contributed by atoms with Gasteiger partial charge in [0.2, 0.25) is 10.0 Å². The highest BCUT2D eigenvalue weighted by Gasteiger charge is 2.16. The van der Waals surface area contributed by atoms with Crippen molar-refractivity contribution in [1.82, 2.24) is 9.62 Å². The van der Waals surface area contributed by atoms with E-state index in [1.165, 1.54) is 10.6 Å². The predicted molar refractivity (Wildman–Crippen MR) is 89.7 cm³/mol. The van der Waals surface area contributed by atoms with E-state index in [1.807, 2.05) is 13.8 Å². The zero-order valence-corrected chi connectivity index (χ0v) is 14.7. The van der Waals surface area contributed by atoms with Gasteiger partial charge in [-0.25, -0.2) is 12.7 Å². The maximum Gasteiger partial charge on any atom is 0.251 e. The summed E-state index contributed by atoms with van der Waals surface area (Å²) in [6.45, 7) is 5.09. The maximum atomic E-state index is 11.9. The lowest BCUT2D eigenvalue weighted by Crippen LogP contribution is -2.38. The Hall–Kier alpha value is -1.11. The van der Waals surface area contributed by atoms with Crippen molar-refractivity contribution in [3.8, 4) is 0 Å². The van der Waals surface area contributed by atoms with Gasteiger partial charge in [0.1, 0.15) is 0 Å². The Morgan fingerprint density at radius 3 is 2.32 bits per heavy atom. The van der Waals surface area contributed by atoms with Crippen LogP contribution in [0.3, 0.4) is 0 Å². The first kappa shape index (κ1) is 18.9. The molecule has 0 atom stereocenters. The molecule has 124 valence electrons. The van der Waals surface area contributed by atoms with E-state index in [-0.39, 0.29) is 19.0 Å². The van der Waals surface area contributed by atoms with E-state index in [1.54, 1.807) is 24.3 Å². The summed E-state index contributed by atoms with van der Waals surface area (Å²) in [5.41, 5.74) is 0.498. The summed E-state index contributed by atoms with van der Waals surface area (Å²) in [6.07, 6.45) is 1.98. The molecule has 1 rings (SSSR count). The Bertz CT molecular complexity index is 585. The maximum absolute atomic E-state index is 11.9. The van der Waals surface area contributed by atoms with E-state index in [2.05, 4.69) is 5.32 Å². The standard InChI is InChI=1S/C15H23ClN2O3S/c1-12(2)8-10-18(22(3,20)21)11-9-17-15(19)13-4-6-14(16)7-5-13/h4-7,12H,8-11H2,1-3H3,(H,17,19). The van der Waals surface area contributed by atoms with Crippen molar-refractivity contribution < 1.29 is 13.2 Å². The summed E-state index contributed by atoms with van der Waals surface area (Å²) in [5.74, 6) is 0.182. The fourth-order valence-corrected chi connectivity index (χ4v) is 2.83. The first-order valence-electron chi connectivity index (χ1n) is 7.19. The van der Waals surface area contributed by atoms with E-state index < -0.39 is 10.0 Å². The van der Waals surface area contributed by atoms with Crippen molar-refractivity contribution in [1.29, 1.82) is 0 Å². The van der Waals surface area contributed by atoms with Crippen molar-refractivity contribution >= 4 is 27.5 Å². The molecule has 5 nitrogen and oxygen atoms in total. The van der Waals surface area contributed by atoms with E-state index in [4.69, 9.17) is 11.6 Å². The van der Waals surface area contributed by atoms with Gasteiger partial charge in [-0.05, 0) is 36.6 Å². The van der Waals surface area contributed by atoms with Crippen molar-refractivity contribution in [3.63, 3.8) is 0 Å². The van der Waals surface area contributed by atoms with Crippen LogP contribution in [0.4, 0.5) is 0 Å². The highest BCUT2D eigenvalue weighted by molar-refractivity contribution is 7.88. The van der Waals surface area contributed by atoms with Crippen LogP contribution in [0.15, 0.2) is 24.3 Å². The van der Waals surface area contributed by atoms with Gasteiger partial charge in [0.25, 0.3) is 5.91 Å². The quantitative estimate of drug-likeness (QED) is 0.785. The minimum absolute atomic E-state index is 0.242. The smallest absolute Gasteiger partial charge is 0.251 e. The Kier molecular flexibility index (Phi) is 7.32. The van der Waals surface area contributed by atoms with Crippen molar-refractivity contribution in [2.75, 3.05) is 25.9 Å². The number of hydrogen-bond acceptors (Lipinski definition) is 3. The van der Waals surface area contributed by atoms with Gasteiger partial charge in [0.15, 0.2) is 0 Å². The van der Waals surface area contributed by atoms with Gasteiger partial charge in [0.05, 0.1) is 6.26 Å². The van der Waals surface area contributed by atoms with Crippen LogP contribution in [-0.4, -0.2) is 44.5 Å². The number of benzene rings is 1. The average Bonchev–Trinajstić information content (AvgIpc) is 2.41. The summed E-state index contributed by atoms with van der Waals surface area (Å²) >= 11 is 5.77. The molecule has 0 bridgehead atoms. The van der Waals surface area contributed by atoms with Crippen molar-refractivity contribution in [2.45, 2.75) is 20.3 Å². The summed E-state index contributed by atoms with van der Waals surface area (Å²) < 4.78 is 24.8. The highest BCUT2D eigenvalue weighted by atomic mass is 35.5. The molecule has 0 radical (unpaired) electrons. The molecule has 1 aromatic carbocycles. The zero-order valence-electron chi connectivity index (χ0n) is 13.2. The molecular formula is C15H23ClN2O3S. The molecule has 22 heavy (non-hydrogen) atoms. The highest BCUT2D eigenvalue weighted by Crippen LogP contribution is 2.09. The largest absolute Gasteiger partial charge is 0.351 e. The Morgan fingerprint density at radius 2 is 1.82 bits per heavy atom. The van der Waals surface area contributed by atoms with Gasteiger partial charge in [-0.2, -0.15) is 0 Å². The van der Waals surface area contributed by atoms with Gasteiger partial charge >= 0.3 is 0 Å². The third-order valence-electron chi connectivity index (χ3n) is 3.18. The molecule has 0 spiro atoms. The molecule has 1 amide bonds. The topological polar surface area (TPSA) is 66.5 Å². The molecule has 0 aliphatic heterocycles. The first-order valence-corrected chi connectivity index (χ1v) is 9.41. The summed E-state index contributed by atoms with van der Waals surface area (Å²) in [7, 11) is -3.26. The van der Waals surface area contributed by atoms with Crippen LogP contribution in [0, 0.1) is 5.92 Å². The third-order valence-corrected chi connectivity index (χ3v) is 4.73. The van der Waals surface area contributed by atoms with E-state index in [9.17, 15) is 13.2 Å². The Balaban J connectivity index is 2.51. The molecule has 0 fully saturated rings. The molecule has 0 aromatic heterocycles. The fourth-order valence-electron chi connectivity index (χ4n) is 1.84. The number of carbonyl (C=O) groups is 1. The van der Waals surface area contributed by atoms with Crippen LogP contribution < -0.4 is 5.32 Å². The molecular weight excluding hydrogens is 324 g/mol. The SMILES string of the molecule is CC(C)CCN(CCNC(=O)c1ccc(Cl)cc1)S(C)(=O)=O. The van der Waals surface area contributed by atoms with E-state index in [0.717, 1.165) is 6.42 Å². The summed E-state index contributed by atoms with van der Waals surface area (Å²) in [6, 6.07) is 6.54. The normalized spacial score (nSPS) is 11.9. The monoisotopic (exact) mass is 346 g/mol. The molecule has 0 aliphatic carbocycles. The molecule has 0 saturated carbocycles. The molecule has 0 aliphatic rings. The van der Waals surface area contributed by atoms with Crippen LogP contribution in [-0.2, 0) is 10.0 Å². The van der Waals surface area contributed by atoms with E-state index >= 15 is 0 Å². The molecule has 1 aromatic rings. The van der Waals surface area contributed by atoms with Crippen LogP contribution in [0.5, 0.6) is 0 Å². The van der Waals surface area contributed by atoms with Crippen LogP contribution >= 0.6 is 11.6 Å². The molecule has 0 heterocycles. The molecule has 1 N–H and O–H groups in total. The van der Waals surface area contributed by atoms with Crippen molar-refractivity contribution in [2.24, 2.45) is 5.92 Å². The van der Waals surface area contributed by atoms with Gasteiger partial charge in [-0.3, -0.25) is 4.79 Å². The number of carbonyl (C=O) groups excluding carboxylic acids is 1. The minimum Gasteiger partial charge on any atom is -0.351 e. The van der Waals surface area contributed by atoms with Crippen LogP contribution in [0.25, 0.3) is 0 Å². The van der Waals surface area contributed by atoms with Crippen LogP contribution in [0.1, 0.15) is 30.6 Å². The lowest BCUT2D eigenvalue weighted by molar-refractivity contribution is 0.0951. The predicted octanol–water partition coefficient (Wildman–Crippen LogP) is 2.38.